The highest BCUT2D eigenvalue weighted by Gasteiger charge is 2.48. The molecule has 0 spiro atoms. The molecule has 2 aromatic rings. The van der Waals surface area contributed by atoms with Crippen LogP contribution in [0.1, 0.15) is 63.2 Å². The average molecular weight is 489 g/mol. The van der Waals surface area contributed by atoms with Gasteiger partial charge in [-0.15, -0.1) is 23.5 Å². The fourth-order valence-corrected chi connectivity index (χ4v) is 7.22. The summed E-state index contributed by atoms with van der Waals surface area (Å²) in [5.74, 6) is 2.26. The summed E-state index contributed by atoms with van der Waals surface area (Å²) in [6, 6.07) is 20.4. The van der Waals surface area contributed by atoms with E-state index in [-0.39, 0.29) is 18.3 Å². The lowest BCUT2D eigenvalue weighted by molar-refractivity contribution is -0.361. The lowest BCUT2D eigenvalue weighted by Crippen LogP contribution is -2.56. The van der Waals surface area contributed by atoms with Crippen molar-refractivity contribution in [2.24, 2.45) is 0 Å². The molecule has 2 saturated heterocycles. The van der Waals surface area contributed by atoms with Crippen molar-refractivity contribution in [3.05, 3.63) is 71.8 Å². The molecule has 4 nitrogen and oxygen atoms in total. The van der Waals surface area contributed by atoms with Crippen molar-refractivity contribution in [1.82, 2.24) is 0 Å². The van der Waals surface area contributed by atoms with E-state index in [1.165, 1.54) is 25.7 Å². The summed E-state index contributed by atoms with van der Waals surface area (Å²) in [6.45, 7) is 5.00. The third kappa shape index (κ3) is 6.77. The standard InChI is InChI=1S/C27H36O4S2/c1-3-5-17-32-27(33-18-6-4-2)24-23-22(29-26(31-24)21-15-11-8-12-16-21)19-28-25(30-23)20-13-9-7-10-14-20/h7-16,22-27H,3-6,17-19H2,1-2H3/t22-,23+,24-,25+,26-/m1/s1. The van der Waals surface area contributed by atoms with E-state index >= 15 is 0 Å². The molecule has 0 bridgehead atoms. The van der Waals surface area contributed by atoms with Crippen LogP contribution in [0.25, 0.3) is 0 Å². The molecular weight excluding hydrogens is 452 g/mol. The van der Waals surface area contributed by atoms with Crippen molar-refractivity contribution in [2.75, 3.05) is 18.1 Å². The van der Waals surface area contributed by atoms with Gasteiger partial charge in [-0.1, -0.05) is 87.4 Å². The Labute approximate surface area is 207 Å². The molecule has 2 heterocycles. The molecule has 2 aromatic carbocycles. The van der Waals surface area contributed by atoms with E-state index in [0.29, 0.717) is 11.2 Å². The third-order valence-electron chi connectivity index (χ3n) is 5.93. The maximum Gasteiger partial charge on any atom is 0.184 e. The SMILES string of the molecule is CCCCSC(SCCCC)[C@@H]1O[C@H](c2ccccc2)O[C@@H]2CO[C@H](c3ccccc3)O[C@@H]21. The number of hydrogen-bond acceptors (Lipinski definition) is 6. The first-order valence-corrected chi connectivity index (χ1v) is 14.3. The first-order chi connectivity index (χ1) is 16.3. The minimum atomic E-state index is -0.404. The van der Waals surface area contributed by atoms with Crippen LogP contribution in [0.4, 0.5) is 0 Å². The Hall–Kier alpha value is -1.02. The van der Waals surface area contributed by atoms with Crippen molar-refractivity contribution in [3.63, 3.8) is 0 Å². The molecule has 5 atom stereocenters. The Morgan fingerprint density at radius 2 is 1.33 bits per heavy atom. The zero-order chi connectivity index (χ0) is 22.9. The Bertz CT molecular complexity index is 796. The van der Waals surface area contributed by atoms with Crippen LogP contribution in [0.15, 0.2) is 60.7 Å². The molecule has 0 radical (unpaired) electrons. The fraction of sp³-hybridized carbons (Fsp3) is 0.556. The van der Waals surface area contributed by atoms with Gasteiger partial charge in [0.05, 0.1) is 11.2 Å². The Kier molecular flexibility index (Phi) is 10.0. The summed E-state index contributed by atoms with van der Waals surface area (Å²) >= 11 is 4.03. The smallest absolute Gasteiger partial charge is 0.184 e. The number of rotatable bonds is 11. The quantitative estimate of drug-likeness (QED) is 0.251. The second-order valence-corrected chi connectivity index (χ2v) is 11.3. The minimum absolute atomic E-state index is 0.0761. The molecule has 0 N–H and O–H groups in total. The number of ether oxygens (including phenoxy) is 4. The highest BCUT2D eigenvalue weighted by molar-refractivity contribution is 8.17. The highest BCUT2D eigenvalue weighted by atomic mass is 32.2. The topological polar surface area (TPSA) is 36.9 Å². The third-order valence-corrected chi connectivity index (χ3v) is 8.99. The summed E-state index contributed by atoms with van der Waals surface area (Å²) in [5, 5.41) is 0. The lowest BCUT2D eigenvalue weighted by Gasteiger charge is -2.48. The minimum Gasteiger partial charge on any atom is -0.346 e. The molecule has 0 aliphatic carbocycles. The summed E-state index contributed by atoms with van der Waals surface area (Å²) in [4.78, 5) is 0. The van der Waals surface area contributed by atoms with E-state index in [4.69, 9.17) is 18.9 Å². The summed E-state index contributed by atoms with van der Waals surface area (Å²) in [5.41, 5.74) is 2.08. The second-order valence-electron chi connectivity index (χ2n) is 8.51. The predicted octanol–water partition coefficient (Wildman–Crippen LogP) is 6.98. The molecule has 0 unspecified atom stereocenters. The molecule has 0 saturated carbocycles. The van der Waals surface area contributed by atoms with Crippen LogP contribution in [0, 0.1) is 0 Å². The molecule has 0 aromatic heterocycles. The maximum absolute atomic E-state index is 6.71. The Morgan fingerprint density at radius 1 is 0.758 bits per heavy atom. The molecule has 2 fully saturated rings. The van der Waals surface area contributed by atoms with Gasteiger partial charge in [0.1, 0.15) is 18.3 Å². The van der Waals surface area contributed by atoms with Crippen LogP contribution in [-0.2, 0) is 18.9 Å². The predicted molar refractivity (Wildman–Crippen MR) is 137 cm³/mol. The summed E-state index contributed by atoms with van der Waals surface area (Å²) in [6.07, 6.45) is 3.63. The van der Waals surface area contributed by atoms with E-state index in [9.17, 15) is 0 Å². The number of hydrogen-bond donors (Lipinski definition) is 0. The van der Waals surface area contributed by atoms with E-state index in [1.54, 1.807) is 0 Å². The van der Waals surface area contributed by atoms with Gasteiger partial charge in [-0.25, -0.2) is 0 Å². The first-order valence-electron chi connectivity index (χ1n) is 12.2. The van der Waals surface area contributed by atoms with Gasteiger partial charge < -0.3 is 18.9 Å². The highest BCUT2D eigenvalue weighted by Crippen LogP contribution is 2.43. The molecular formula is C27H36O4S2. The van der Waals surface area contributed by atoms with E-state index in [2.05, 4.69) is 38.1 Å². The van der Waals surface area contributed by atoms with Crippen LogP contribution < -0.4 is 0 Å². The molecule has 4 rings (SSSR count). The van der Waals surface area contributed by atoms with Gasteiger partial charge in [0.25, 0.3) is 0 Å². The van der Waals surface area contributed by atoms with Gasteiger partial charge in [-0.05, 0) is 24.3 Å². The van der Waals surface area contributed by atoms with E-state index in [1.807, 2.05) is 59.9 Å². The molecule has 0 amide bonds. The summed E-state index contributed by atoms with van der Waals surface area (Å²) < 4.78 is 26.1. The monoisotopic (exact) mass is 488 g/mol. The summed E-state index contributed by atoms with van der Waals surface area (Å²) in [7, 11) is 0. The van der Waals surface area contributed by atoms with E-state index in [0.717, 1.165) is 22.6 Å². The second kappa shape index (κ2) is 13.2. The van der Waals surface area contributed by atoms with Gasteiger partial charge >= 0.3 is 0 Å². The molecule has 180 valence electrons. The van der Waals surface area contributed by atoms with Crippen LogP contribution in [0.2, 0.25) is 0 Å². The van der Waals surface area contributed by atoms with Gasteiger partial charge in [0.15, 0.2) is 12.6 Å². The van der Waals surface area contributed by atoms with E-state index < -0.39 is 12.6 Å². The van der Waals surface area contributed by atoms with Gasteiger partial charge in [0, 0.05) is 11.1 Å². The van der Waals surface area contributed by atoms with Crippen molar-refractivity contribution in [1.29, 1.82) is 0 Å². The Balaban J connectivity index is 1.57. The number of fused-ring (bicyclic) bond motifs is 1. The fourth-order valence-electron chi connectivity index (χ4n) is 4.06. The number of thioether (sulfide) groups is 2. The van der Waals surface area contributed by atoms with Crippen molar-refractivity contribution >= 4 is 23.5 Å². The maximum atomic E-state index is 6.71. The van der Waals surface area contributed by atoms with Crippen LogP contribution in [0.3, 0.4) is 0 Å². The molecule has 2 aliphatic heterocycles. The van der Waals surface area contributed by atoms with Crippen molar-refractivity contribution in [3.8, 4) is 0 Å². The molecule has 33 heavy (non-hydrogen) atoms. The largest absolute Gasteiger partial charge is 0.346 e. The van der Waals surface area contributed by atoms with Crippen LogP contribution >= 0.6 is 23.5 Å². The van der Waals surface area contributed by atoms with Crippen LogP contribution in [-0.4, -0.2) is 41.0 Å². The Morgan fingerprint density at radius 3 is 1.91 bits per heavy atom. The van der Waals surface area contributed by atoms with Crippen LogP contribution in [0.5, 0.6) is 0 Å². The number of unbranched alkanes of at least 4 members (excludes halogenated alkanes) is 2. The van der Waals surface area contributed by atoms with Crippen molar-refractivity contribution in [2.45, 2.75) is 75.0 Å². The zero-order valence-electron chi connectivity index (χ0n) is 19.6. The number of benzene rings is 2. The normalized spacial score (nSPS) is 27.4. The van der Waals surface area contributed by atoms with Gasteiger partial charge in [0.2, 0.25) is 0 Å². The van der Waals surface area contributed by atoms with Crippen molar-refractivity contribution < 1.29 is 18.9 Å². The molecule has 2 aliphatic rings. The van der Waals surface area contributed by atoms with Gasteiger partial charge in [-0.2, -0.15) is 0 Å². The zero-order valence-corrected chi connectivity index (χ0v) is 21.3. The average Bonchev–Trinajstić information content (AvgIpc) is 2.88. The van der Waals surface area contributed by atoms with Gasteiger partial charge in [-0.3, -0.25) is 0 Å². The molecule has 6 heteroatoms. The first kappa shape index (κ1) is 25.1. The lowest BCUT2D eigenvalue weighted by atomic mass is 10.0.